The van der Waals surface area contributed by atoms with Crippen molar-refractivity contribution in [3.05, 3.63) is 35.9 Å². The fraction of sp³-hybridized carbons (Fsp3) is 0.615. The molecule has 2 N–H and O–H groups in total. The molecule has 37 heavy (non-hydrogen) atoms. The number of hydrogen-bond acceptors (Lipinski definition) is 8. The van der Waals surface area contributed by atoms with Crippen LogP contribution in [0.25, 0.3) is 0 Å². The van der Waals surface area contributed by atoms with Gasteiger partial charge < -0.3 is 20.3 Å². The van der Waals surface area contributed by atoms with E-state index in [0.29, 0.717) is 18.8 Å². The molecule has 1 aliphatic heterocycles. The molecule has 2 atom stereocenters. The molecule has 0 spiro atoms. The Morgan fingerprint density at radius 2 is 1.59 bits per heavy atom. The van der Waals surface area contributed by atoms with Crippen LogP contribution in [0.1, 0.15) is 58.9 Å². The number of amides is 2. The first-order valence-corrected chi connectivity index (χ1v) is 13.0. The molecule has 202 valence electrons. The van der Waals surface area contributed by atoms with Gasteiger partial charge in [-0.15, -0.1) is 5.10 Å². The number of rotatable bonds is 13. The molecule has 1 saturated heterocycles. The Kier molecular flexibility index (Phi) is 10.4. The van der Waals surface area contributed by atoms with Gasteiger partial charge in [0.1, 0.15) is 19.2 Å². The number of hydrogen-bond donors (Lipinski definition) is 2. The van der Waals surface area contributed by atoms with Crippen LogP contribution in [0.5, 0.6) is 0 Å². The molecule has 11 nitrogen and oxygen atoms in total. The van der Waals surface area contributed by atoms with Crippen molar-refractivity contribution in [2.24, 2.45) is 11.8 Å². The lowest BCUT2D eigenvalue weighted by Crippen LogP contribution is -2.52. The molecule has 0 bridgehead atoms. The van der Waals surface area contributed by atoms with Crippen molar-refractivity contribution in [3.8, 4) is 0 Å². The first-order chi connectivity index (χ1) is 17.7. The number of carbonyl (C=O) groups is 3. The quantitative estimate of drug-likeness (QED) is 0.418. The fourth-order valence-electron chi connectivity index (χ4n) is 4.22. The minimum absolute atomic E-state index is 0.0973. The van der Waals surface area contributed by atoms with Gasteiger partial charge in [-0.2, -0.15) is 4.80 Å². The summed E-state index contributed by atoms with van der Waals surface area (Å²) in [6.07, 6.45) is 2.34. The van der Waals surface area contributed by atoms with Crippen molar-refractivity contribution >= 4 is 23.7 Å². The van der Waals surface area contributed by atoms with Crippen LogP contribution in [0.3, 0.4) is 0 Å². The van der Waals surface area contributed by atoms with Crippen LogP contribution in [0.15, 0.2) is 30.3 Å². The van der Waals surface area contributed by atoms with E-state index in [4.69, 9.17) is 4.74 Å². The topological polar surface area (TPSA) is 131 Å². The average molecular weight is 514 g/mol. The van der Waals surface area contributed by atoms with Crippen LogP contribution in [-0.2, 0) is 27.5 Å². The Morgan fingerprint density at radius 1 is 0.946 bits per heavy atom. The zero-order chi connectivity index (χ0) is 26.8. The van der Waals surface area contributed by atoms with Gasteiger partial charge in [-0.05, 0) is 48.3 Å². The maximum atomic E-state index is 13.2. The van der Waals surface area contributed by atoms with Crippen LogP contribution in [0, 0.1) is 11.8 Å². The van der Waals surface area contributed by atoms with E-state index in [1.165, 1.54) is 4.80 Å². The van der Waals surface area contributed by atoms with Gasteiger partial charge >= 0.3 is 6.09 Å². The lowest BCUT2D eigenvalue weighted by atomic mass is 9.98. The molecular weight excluding hydrogens is 474 g/mol. The Morgan fingerprint density at radius 3 is 2.24 bits per heavy atom. The maximum absolute atomic E-state index is 13.2. The third kappa shape index (κ3) is 9.14. The zero-order valence-electron chi connectivity index (χ0n) is 22.2. The summed E-state index contributed by atoms with van der Waals surface area (Å²) >= 11 is 0. The van der Waals surface area contributed by atoms with Gasteiger partial charge in [-0.3, -0.25) is 9.59 Å². The molecule has 3 rings (SSSR count). The largest absolute Gasteiger partial charge is 0.445 e. The molecule has 0 radical (unpaired) electrons. The van der Waals surface area contributed by atoms with E-state index in [9.17, 15) is 14.4 Å². The number of aromatic nitrogens is 4. The van der Waals surface area contributed by atoms with Crippen molar-refractivity contribution in [1.29, 1.82) is 0 Å². The Labute approximate surface area is 218 Å². The first-order valence-electron chi connectivity index (χ1n) is 13.0. The van der Waals surface area contributed by atoms with Crippen LogP contribution < -0.4 is 15.5 Å². The molecule has 1 aromatic carbocycles. The normalized spacial score (nSPS) is 15.0. The standard InChI is InChI=1S/C26H39N7O4/c1-18(2)14-21(23(34)16-33-30-25(29-31-33)32-12-8-9-13-32)27-24(35)22(15-19(3)4)28-26(36)37-17-20-10-6-5-7-11-20/h5-7,10-11,18-19,21-22H,8-9,12-17H2,1-4H3,(H,27,35)(H,28,36)/t21-,22-/m0/s1. The van der Waals surface area contributed by atoms with Crippen LogP contribution >= 0.6 is 0 Å². The van der Waals surface area contributed by atoms with Crippen molar-refractivity contribution in [1.82, 2.24) is 30.8 Å². The predicted octanol–water partition coefficient (Wildman–Crippen LogP) is 2.71. The summed E-state index contributed by atoms with van der Waals surface area (Å²) in [5.74, 6) is 0.166. The highest BCUT2D eigenvalue weighted by molar-refractivity contribution is 5.92. The molecule has 2 amide bonds. The second-order valence-electron chi connectivity index (χ2n) is 10.4. The number of nitrogens with zero attached hydrogens (tertiary/aromatic N) is 5. The van der Waals surface area contributed by atoms with Gasteiger partial charge in [-0.25, -0.2) is 4.79 Å². The molecule has 1 fully saturated rings. The molecule has 0 unspecified atom stereocenters. The summed E-state index contributed by atoms with van der Waals surface area (Å²) in [4.78, 5) is 42.2. The van der Waals surface area contributed by atoms with E-state index < -0.39 is 24.1 Å². The Bertz CT molecular complexity index is 1020. The summed E-state index contributed by atoms with van der Waals surface area (Å²) in [5.41, 5.74) is 0.847. The van der Waals surface area contributed by atoms with Crippen molar-refractivity contribution in [2.75, 3.05) is 18.0 Å². The van der Waals surface area contributed by atoms with Crippen LogP contribution in [0.2, 0.25) is 0 Å². The molecule has 2 heterocycles. The smallest absolute Gasteiger partial charge is 0.408 e. The number of tetrazole rings is 1. The highest BCUT2D eigenvalue weighted by Crippen LogP contribution is 2.14. The SMILES string of the molecule is CC(C)C[C@H](NC(=O)[C@H](CC(C)C)NC(=O)OCc1ccccc1)C(=O)Cn1nnc(N2CCCC2)n1. The third-order valence-electron chi connectivity index (χ3n) is 6.07. The van der Waals surface area contributed by atoms with E-state index >= 15 is 0 Å². The van der Waals surface area contributed by atoms with E-state index in [-0.39, 0.29) is 30.8 Å². The van der Waals surface area contributed by atoms with Gasteiger partial charge in [0.15, 0.2) is 5.78 Å². The molecule has 2 aromatic rings. The second kappa shape index (κ2) is 13.7. The van der Waals surface area contributed by atoms with Crippen LogP contribution in [-0.4, -0.2) is 63.2 Å². The number of anilines is 1. The number of ketones is 1. The lowest BCUT2D eigenvalue weighted by molar-refractivity contribution is -0.130. The highest BCUT2D eigenvalue weighted by atomic mass is 16.5. The van der Waals surface area contributed by atoms with Gasteiger partial charge in [0, 0.05) is 13.1 Å². The van der Waals surface area contributed by atoms with Gasteiger partial charge in [-0.1, -0.05) is 63.1 Å². The van der Waals surface area contributed by atoms with E-state index in [2.05, 4.69) is 26.0 Å². The van der Waals surface area contributed by atoms with Crippen molar-refractivity contribution in [3.63, 3.8) is 0 Å². The number of Topliss-reactive ketones (excluding diaryl/α,β-unsaturated/α-hetero) is 1. The molecule has 1 aromatic heterocycles. The summed E-state index contributed by atoms with van der Waals surface area (Å²) in [6.45, 7) is 9.65. The summed E-state index contributed by atoms with van der Waals surface area (Å²) in [7, 11) is 0. The van der Waals surface area contributed by atoms with Gasteiger partial charge in [0.25, 0.3) is 5.95 Å². The van der Waals surface area contributed by atoms with E-state index in [1.54, 1.807) is 0 Å². The molecule has 1 aliphatic rings. The molecule has 11 heteroatoms. The first kappa shape index (κ1) is 28.1. The number of alkyl carbamates (subject to hydrolysis) is 1. The summed E-state index contributed by atoms with van der Waals surface area (Å²) in [5, 5.41) is 18.0. The zero-order valence-corrected chi connectivity index (χ0v) is 22.2. The average Bonchev–Trinajstić information content (AvgIpc) is 3.54. The van der Waals surface area contributed by atoms with Crippen molar-refractivity contribution in [2.45, 2.75) is 78.6 Å². The molecular formula is C26H39N7O4. The lowest BCUT2D eigenvalue weighted by Gasteiger charge is -2.24. The number of benzene rings is 1. The highest BCUT2D eigenvalue weighted by Gasteiger charge is 2.29. The Hall–Kier alpha value is -3.50. The number of ether oxygens (including phenoxy) is 1. The minimum Gasteiger partial charge on any atom is -0.445 e. The number of nitrogens with one attached hydrogen (secondary N) is 2. The van der Waals surface area contributed by atoms with Gasteiger partial charge in [0.05, 0.1) is 6.04 Å². The fourth-order valence-corrected chi connectivity index (χ4v) is 4.22. The summed E-state index contributed by atoms with van der Waals surface area (Å²) in [6, 6.07) is 7.73. The second-order valence-corrected chi connectivity index (χ2v) is 10.4. The minimum atomic E-state index is -0.836. The summed E-state index contributed by atoms with van der Waals surface area (Å²) < 4.78 is 5.30. The third-order valence-corrected chi connectivity index (χ3v) is 6.07. The number of carbonyl (C=O) groups excluding carboxylic acids is 3. The van der Waals surface area contributed by atoms with E-state index in [0.717, 1.165) is 31.5 Å². The van der Waals surface area contributed by atoms with E-state index in [1.807, 2.05) is 62.9 Å². The molecule has 0 saturated carbocycles. The van der Waals surface area contributed by atoms with Crippen LogP contribution in [0.4, 0.5) is 10.7 Å². The van der Waals surface area contributed by atoms with Crippen molar-refractivity contribution < 1.29 is 19.1 Å². The Balaban J connectivity index is 1.61. The maximum Gasteiger partial charge on any atom is 0.408 e. The molecule has 0 aliphatic carbocycles. The monoisotopic (exact) mass is 513 g/mol. The predicted molar refractivity (Wildman–Crippen MR) is 139 cm³/mol. The van der Waals surface area contributed by atoms with Gasteiger partial charge in [0.2, 0.25) is 5.91 Å².